The highest BCUT2D eigenvalue weighted by molar-refractivity contribution is 5.79. The third-order valence-electron chi connectivity index (χ3n) is 4.09. The van der Waals surface area contributed by atoms with E-state index in [9.17, 15) is 4.79 Å². The second-order valence-corrected chi connectivity index (χ2v) is 5.74. The summed E-state index contributed by atoms with van der Waals surface area (Å²) < 4.78 is 0. The molecule has 2 amide bonds. The van der Waals surface area contributed by atoms with Crippen molar-refractivity contribution in [3.8, 4) is 0 Å². The molecular weight excluding hydrogens is 242 g/mol. The van der Waals surface area contributed by atoms with Crippen LogP contribution in [-0.4, -0.2) is 72.4 Å². The molecule has 0 unspecified atom stereocenters. The van der Waals surface area contributed by atoms with Gasteiger partial charge in [0.05, 0.1) is 6.54 Å². The maximum absolute atomic E-state index is 12.4. The number of amides is 2. The molecule has 0 radical (unpaired) electrons. The van der Waals surface area contributed by atoms with Gasteiger partial charge >= 0.3 is 6.03 Å². The fourth-order valence-corrected chi connectivity index (χ4v) is 2.74. The predicted molar refractivity (Wildman–Crippen MR) is 75.3 cm³/mol. The van der Waals surface area contributed by atoms with E-state index in [0.29, 0.717) is 6.54 Å². The number of piperazine rings is 1. The van der Waals surface area contributed by atoms with Crippen molar-refractivity contribution >= 4 is 11.9 Å². The number of nitrogens with zero attached hydrogens (tertiary/aromatic N) is 3. The fraction of sp³-hybridized carbons (Fsp3) is 0.846. The molecule has 6 heteroatoms. The van der Waals surface area contributed by atoms with E-state index in [1.165, 1.54) is 0 Å². The molecule has 0 bridgehead atoms. The van der Waals surface area contributed by atoms with Crippen LogP contribution in [0.2, 0.25) is 0 Å². The van der Waals surface area contributed by atoms with Gasteiger partial charge in [0.1, 0.15) is 5.84 Å². The summed E-state index contributed by atoms with van der Waals surface area (Å²) in [4.78, 5) is 18.4. The van der Waals surface area contributed by atoms with E-state index in [1.807, 2.05) is 9.80 Å². The second kappa shape index (κ2) is 6.23. The highest BCUT2D eigenvalue weighted by Crippen LogP contribution is 2.17. The van der Waals surface area contributed by atoms with E-state index in [0.717, 1.165) is 58.0 Å². The molecule has 0 aromatic carbocycles. The first-order valence-electron chi connectivity index (χ1n) is 7.15. The van der Waals surface area contributed by atoms with Crippen LogP contribution in [-0.2, 0) is 0 Å². The SMILES string of the molecule is CC1CCN(C(=O)N2CCN(CC(=N)N)CC2)CC1. The molecule has 2 fully saturated rings. The number of urea groups is 1. The molecule has 19 heavy (non-hydrogen) atoms. The standard InChI is InChI=1S/C13H25N5O/c1-11-2-4-17(5-3-11)13(19)18-8-6-16(7-9-18)10-12(14)15/h11H,2-10H2,1H3,(H3,14,15). The molecule has 6 nitrogen and oxygen atoms in total. The second-order valence-electron chi connectivity index (χ2n) is 5.74. The summed E-state index contributed by atoms with van der Waals surface area (Å²) in [5, 5.41) is 7.29. The minimum atomic E-state index is 0.189. The van der Waals surface area contributed by atoms with Crippen molar-refractivity contribution in [3.63, 3.8) is 0 Å². The Balaban J connectivity index is 1.77. The van der Waals surface area contributed by atoms with Gasteiger partial charge < -0.3 is 15.5 Å². The first kappa shape index (κ1) is 14.1. The topological polar surface area (TPSA) is 76.7 Å². The Kier molecular flexibility index (Phi) is 4.63. The molecule has 2 aliphatic rings. The zero-order valence-corrected chi connectivity index (χ0v) is 11.8. The number of piperidine rings is 1. The zero-order chi connectivity index (χ0) is 13.8. The Bertz CT molecular complexity index is 330. The fourth-order valence-electron chi connectivity index (χ4n) is 2.74. The summed E-state index contributed by atoms with van der Waals surface area (Å²) in [5.74, 6) is 0.946. The third-order valence-corrected chi connectivity index (χ3v) is 4.09. The number of likely N-dealkylation sites (tertiary alicyclic amines) is 1. The lowest BCUT2D eigenvalue weighted by molar-refractivity contribution is 0.107. The molecule has 2 heterocycles. The van der Waals surface area contributed by atoms with E-state index >= 15 is 0 Å². The van der Waals surface area contributed by atoms with E-state index in [1.54, 1.807) is 0 Å². The van der Waals surface area contributed by atoms with E-state index in [-0.39, 0.29) is 11.9 Å². The van der Waals surface area contributed by atoms with Gasteiger partial charge in [-0.15, -0.1) is 0 Å². The van der Waals surface area contributed by atoms with Gasteiger partial charge in [-0.2, -0.15) is 0 Å². The summed E-state index contributed by atoms with van der Waals surface area (Å²) in [7, 11) is 0. The lowest BCUT2D eigenvalue weighted by Crippen LogP contribution is -2.54. The molecule has 0 atom stereocenters. The largest absolute Gasteiger partial charge is 0.387 e. The first-order chi connectivity index (χ1) is 9.06. The molecule has 0 aliphatic carbocycles. The van der Waals surface area contributed by atoms with Gasteiger partial charge in [-0.05, 0) is 18.8 Å². The Labute approximate surface area is 115 Å². The van der Waals surface area contributed by atoms with Crippen LogP contribution in [0, 0.1) is 11.3 Å². The van der Waals surface area contributed by atoms with Crippen LogP contribution in [0.1, 0.15) is 19.8 Å². The van der Waals surface area contributed by atoms with Gasteiger partial charge in [0.25, 0.3) is 0 Å². The summed E-state index contributed by atoms with van der Waals surface area (Å²) in [6, 6.07) is 0.189. The number of carbonyl (C=O) groups excluding carboxylic acids is 1. The van der Waals surface area contributed by atoms with Crippen molar-refractivity contribution in [2.45, 2.75) is 19.8 Å². The molecule has 2 rings (SSSR count). The van der Waals surface area contributed by atoms with E-state index in [4.69, 9.17) is 11.1 Å². The Hall–Kier alpha value is -1.30. The highest BCUT2D eigenvalue weighted by Gasteiger charge is 2.27. The molecule has 0 spiro atoms. The number of nitrogens with one attached hydrogen (secondary N) is 1. The minimum absolute atomic E-state index is 0.189. The lowest BCUT2D eigenvalue weighted by atomic mass is 9.99. The van der Waals surface area contributed by atoms with E-state index < -0.39 is 0 Å². The van der Waals surface area contributed by atoms with Crippen LogP contribution in [0.3, 0.4) is 0 Å². The van der Waals surface area contributed by atoms with Crippen LogP contribution >= 0.6 is 0 Å². The van der Waals surface area contributed by atoms with Crippen molar-refractivity contribution in [2.24, 2.45) is 11.7 Å². The summed E-state index contributed by atoms with van der Waals surface area (Å²) in [6.45, 7) is 7.69. The molecule has 108 valence electrons. The normalized spacial score (nSPS) is 22.6. The summed E-state index contributed by atoms with van der Waals surface area (Å²) in [6.07, 6.45) is 2.24. The summed E-state index contributed by atoms with van der Waals surface area (Å²) >= 11 is 0. The molecule has 2 saturated heterocycles. The van der Waals surface area contributed by atoms with Gasteiger partial charge in [0.15, 0.2) is 0 Å². The van der Waals surface area contributed by atoms with Gasteiger partial charge in [0.2, 0.25) is 0 Å². The molecular formula is C13H25N5O. The Morgan fingerprint density at radius 1 is 1.11 bits per heavy atom. The van der Waals surface area contributed by atoms with Gasteiger partial charge in [-0.3, -0.25) is 10.3 Å². The van der Waals surface area contributed by atoms with Crippen LogP contribution in [0.5, 0.6) is 0 Å². The monoisotopic (exact) mass is 267 g/mol. The summed E-state index contributed by atoms with van der Waals surface area (Å²) in [5.41, 5.74) is 5.40. The lowest BCUT2D eigenvalue weighted by Gasteiger charge is -2.39. The van der Waals surface area contributed by atoms with Gasteiger partial charge in [0, 0.05) is 39.3 Å². The molecule has 0 aromatic heterocycles. The van der Waals surface area contributed by atoms with Crippen molar-refractivity contribution in [2.75, 3.05) is 45.8 Å². The zero-order valence-electron chi connectivity index (χ0n) is 11.8. The molecule has 3 N–H and O–H groups in total. The Morgan fingerprint density at radius 3 is 2.16 bits per heavy atom. The minimum Gasteiger partial charge on any atom is -0.387 e. The number of amidine groups is 1. The maximum Gasteiger partial charge on any atom is 0.320 e. The van der Waals surface area contributed by atoms with Crippen molar-refractivity contribution < 1.29 is 4.79 Å². The van der Waals surface area contributed by atoms with Crippen molar-refractivity contribution in [1.82, 2.24) is 14.7 Å². The average Bonchev–Trinajstić information content (AvgIpc) is 2.39. The van der Waals surface area contributed by atoms with Crippen LogP contribution in [0.25, 0.3) is 0 Å². The predicted octanol–water partition coefficient (Wildman–Crippen LogP) is 0.392. The Morgan fingerprint density at radius 2 is 1.63 bits per heavy atom. The number of rotatable bonds is 2. The number of carbonyl (C=O) groups is 1. The van der Waals surface area contributed by atoms with Gasteiger partial charge in [-0.25, -0.2) is 4.79 Å². The van der Waals surface area contributed by atoms with Crippen LogP contribution in [0.4, 0.5) is 4.79 Å². The molecule has 0 aromatic rings. The number of hydrogen-bond donors (Lipinski definition) is 2. The number of hydrogen-bond acceptors (Lipinski definition) is 3. The number of nitrogens with two attached hydrogens (primary N) is 1. The van der Waals surface area contributed by atoms with Crippen LogP contribution < -0.4 is 5.73 Å². The quantitative estimate of drug-likeness (QED) is 0.561. The van der Waals surface area contributed by atoms with E-state index in [2.05, 4.69) is 11.8 Å². The molecule has 2 aliphatic heterocycles. The third kappa shape index (κ3) is 3.83. The highest BCUT2D eigenvalue weighted by atomic mass is 16.2. The van der Waals surface area contributed by atoms with Crippen LogP contribution in [0.15, 0.2) is 0 Å². The van der Waals surface area contributed by atoms with Gasteiger partial charge in [-0.1, -0.05) is 6.92 Å². The smallest absolute Gasteiger partial charge is 0.320 e. The molecule has 0 saturated carbocycles. The van der Waals surface area contributed by atoms with Crippen molar-refractivity contribution in [3.05, 3.63) is 0 Å². The average molecular weight is 267 g/mol. The maximum atomic E-state index is 12.4. The first-order valence-corrected chi connectivity index (χ1v) is 7.15. The van der Waals surface area contributed by atoms with Crippen molar-refractivity contribution in [1.29, 1.82) is 5.41 Å².